The van der Waals surface area contributed by atoms with E-state index in [0.717, 1.165) is 6.07 Å². The molecule has 0 saturated heterocycles. The Hall–Kier alpha value is -1.89. The van der Waals surface area contributed by atoms with Crippen LogP contribution in [0.1, 0.15) is 10.6 Å². The van der Waals surface area contributed by atoms with Crippen LogP contribution in [-0.2, 0) is 0 Å². The second-order valence-corrected chi connectivity index (χ2v) is 4.17. The lowest BCUT2D eigenvalue weighted by atomic mass is 10.1. The van der Waals surface area contributed by atoms with Crippen LogP contribution in [0.2, 0.25) is 0 Å². The van der Waals surface area contributed by atoms with Gasteiger partial charge in [0.2, 0.25) is 5.76 Å². The number of aromatic carboxylic acids is 1. The average Bonchev–Trinajstić information content (AvgIpc) is 2.81. The predicted molar refractivity (Wildman–Crippen MR) is 63.1 cm³/mol. The van der Waals surface area contributed by atoms with E-state index >= 15 is 0 Å². The van der Waals surface area contributed by atoms with Crippen LogP contribution in [-0.4, -0.2) is 23.3 Å². The van der Waals surface area contributed by atoms with E-state index in [1.165, 1.54) is 19.2 Å². The van der Waals surface area contributed by atoms with Gasteiger partial charge in [0.25, 0.3) is 0 Å². The normalized spacial score (nSPS) is 10.4. The Morgan fingerprint density at radius 3 is 2.83 bits per heavy atom. The lowest BCUT2D eigenvalue weighted by molar-refractivity contribution is 0.0652. The maximum absolute atomic E-state index is 14.0. The van der Waals surface area contributed by atoms with E-state index in [0.29, 0.717) is 0 Å². The van der Waals surface area contributed by atoms with Crippen LogP contribution in [0.3, 0.4) is 0 Å². The minimum absolute atomic E-state index is 0.0446. The Morgan fingerprint density at radius 1 is 1.56 bits per heavy atom. The molecule has 94 valence electrons. The van der Waals surface area contributed by atoms with Crippen molar-refractivity contribution in [3.05, 3.63) is 34.2 Å². The first-order valence-electron chi connectivity index (χ1n) is 4.77. The molecule has 0 atom stereocenters. The summed E-state index contributed by atoms with van der Waals surface area (Å²) in [6.07, 6.45) is 0. The molecule has 0 aliphatic heterocycles. The minimum Gasteiger partial charge on any atom is -0.496 e. The van der Waals surface area contributed by atoms with Crippen molar-refractivity contribution >= 4 is 21.9 Å². The van der Waals surface area contributed by atoms with E-state index in [9.17, 15) is 9.18 Å². The molecular weight excluding hydrogens is 309 g/mol. The molecule has 1 N–H and O–H groups in total. The van der Waals surface area contributed by atoms with E-state index in [4.69, 9.17) is 9.84 Å². The molecule has 1 aromatic heterocycles. The smallest absolute Gasteiger partial charge is 0.374 e. The minimum atomic E-state index is -1.27. The number of halogens is 2. The van der Waals surface area contributed by atoms with Gasteiger partial charge >= 0.3 is 5.97 Å². The summed E-state index contributed by atoms with van der Waals surface area (Å²) < 4.78 is 23.8. The molecule has 2 aromatic rings. The van der Waals surface area contributed by atoms with Gasteiger partial charge < -0.3 is 14.4 Å². The van der Waals surface area contributed by atoms with Crippen LogP contribution in [0.5, 0.6) is 5.75 Å². The predicted octanol–water partition coefficient (Wildman–Crippen LogP) is 2.95. The van der Waals surface area contributed by atoms with Crippen molar-refractivity contribution in [2.24, 2.45) is 0 Å². The number of carboxylic acids is 1. The topological polar surface area (TPSA) is 72.6 Å². The maximum atomic E-state index is 14.0. The molecule has 0 aliphatic rings. The monoisotopic (exact) mass is 315 g/mol. The highest BCUT2D eigenvalue weighted by atomic mass is 79.9. The van der Waals surface area contributed by atoms with Gasteiger partial charge in [0.15, 0.2) is 5.82 Å². The van der Waals surface area contributed by atoms with Gasteiger partial charge in [-0.15, -0.1) is 0 Å². The summed E-state index contributed by atoms with van der Waals surface area (Å²) in [4.78, 5) is 10.7. The standard InChI is InChI=1S/C11H7BrFNO4/c1-17-7-3-2-5(12)10(13)9(7)6-4-8(11(15)16)18-14-6/h2-4H,1H3,(H,15,16). The fourth-order valence-electron chi connectivity index (χ4n) is 1.44. The number of carboxylic acid groups (broad SMARTS) is 1. The van der Waals surface area contributed by atoms with Gasteiger partial charge in [-0.3, -0.25) is 0 Å². The Bertz CT molecular complexity index is 611. The molecule has 1 aromatic carbocycles. The van der Waals surface area contributed by atoms with Crippen molar-refractivity contribution in [1.82, 2.24) is 5.16 Å². The van der Waals surface area contributed by atoms with Gasteiger partial charge in [-0.1, -0.05) is 5.16 Å². The molecule has 18 heavy (non-hydrogen) atoms. The van der Waals surface area contributed by atoms with Gasteiger partial charge in [-0.05, 0) is 28.1 Å². The van der Waals surface area contributed by atoms with Crippen molar-refractivity contribution in [2.45, 2.75) is 0 Å². The van der Waals surface area contributed by atoms with Crippen LogP contribution in [0.15, 0.2) is 27.2 Å². The third-order valence-corrected chi connectivity index (χ3v) is 2.87. The quantitative estimate of drug-likeness (QED) is 0.942. The van der Waals surface area contributed by atoms with Gasteiger partial charge in [-0.2, -0.15) is 0 Å². The summed E-state index contributed by atoms with van der Waals surface area (Å²) in [6.45, 7) is 0. The largest absolute Gasteiger partial charge is 0.496 e. The third-order valence-electron chi connectivity index (χ3n) is 2.25. The number of hydrogen-bond donors (Lipinski definition) is 1. The average molecular weight is 316 g/mol. The molecule has 0 aliphatic carbocycles. The Morgan fingerprint density at radius 2 is 2.28 bits per heavy atom. The first-order chi connectivity index (χ1) is 8.54. The van der Waals surface area contributed by atoms with Crippen molar-refractivity contribution < 1.29 is 23.6 Å². The molecule has 7 heteroatoms. The Kier molecular flexibility index (Phi) is 3.33. The second kappa shape index (κ2) is 4.77. The highest BCUT2D eigenvalue weighted by Crippen LogP contribution is 2.35. The van der Waals surface area contributed by atoms with Crippen LogP contribution in [0.25, 0.3) is 11.3 Å². The van der Waals surface area contributed by atoms with E-state index in [1.54, 1.807) is 0 Å². The molecular formula is C11H7BrFNO4. The number of rotatable bonds is 3. The van der Waals surface area contributed by atoms with Crippen molar-refractivity contribution in [2.75, 3.05) is 7.11 Å². The zero-order valence-corrected chi connectivity index (χ0v) is 10.7. The zero-order valence-electron chi connectivity index (χ0n) is 9.11. The van der Waals surface area contributed by atoms with Gasteiger partial charge in [0.05, 0.1) is 17.1 Å². The van der Waals surface area contributed by atoms with Crippen LogP contribution >= 0.6 is 15.9 Å². The molecule has 2 rings (SSSR count). The van der Waals surface area contributed by atoms with Crippen LogP contribution in [0.4, 0.5) is 4.39 Å². The summed E-state index contributed by atoms with van der Waals surface area (Å²) in [7, 11) is 1.38. The summed E-state index contributed by atoms with van der Waals surface area (Å²) in [5.41, 5.74) is 0.103. The van der Waals surface area contributed by atoms with Gasteiger partial charge in [0, 0.05) is 6.07 Å². The summed E-state index contributed by atoms with van der Waals surface area (Å²) in [5.74, 6) is -2.00. The molecule has 0 bridgehead atoms. The fraction of sp³-hybridized carbons (Fsp3) is 0.0909. The number of methoxy groups -OCH3 is 1. The number of hydrogen-bond acceptors (Lipinski definition) is 4. The van der Waals surface area contributed by atoms with Crippen LogP contribution < -0.4 is 4.74 Å². The summed E-state index contributed by atoms with van der Waals surface area (Å²) >= 11 is 3.04. The van der Waals surface area contributed by atoms with Gasteiger partial charge in [-0.25, -0.2) is 9.18 Å². The highest BCUT2D eigenvalue weighted by Gasteiger charge is 2.20. The Labute approximate surface area is 109 Å². The summed E-state index contributed by atoms with van der Waals surface area (Å²) in [5, 5.41) is 12.2. The molecule has 0 spiro atoms. The second-order valence-electron chi connectivity index (χ2n) is 3.32. The van der Waals surface area contributed by atoms with Crippen LogP contribution in [0, 0.1) is 5.82 Å². The lowest BCUT2D eigenvalue weighted by Gasteiger charge is -2.07. The molecule has 5 nitrogen and oxygen atoms in total. The third kappa shape index (κ3) is 2.08. The number of nitrogens with zero attached hydrogens (tertiary/aromatic N) is 1. The number of ether oxygens (including phenoxy) is 1. The maximum Gasteiger partial charge on any atom is 0.374 e. The fourth-order valence-corrected chi connectivity index (χ4v) is 1.77. The molecule has 0 unspecified atom stereocenters. The molecule has 0 saturated carbocycles. The number of carbonyl (C=O) groups is 1. The van der Waals surface area contributed by atoms with E-state index in [1.807, 2.05) is 0 Å². The molecule has 0 fully saturated rings. The van der Waals surface area contributed by atoms with Crippen molar-refractivity contribution in [3.63, 3.8) is 0 Å². The highest BCUT2D eigenvalue weighted by molar-refractivity contribution is 9.10. The molecule has 1 heterocycles. The zero-order chi connectivity index (χ0) is 13.3. The molecule has 0 amide bonds. The van der Waals surface area contributed by atoms with E-state index in [-0.39, 0.29) is 27.2 Å². The van der Waals surface area contributed by atoms with Crippen molar-refractivity contribution in [3.8, 4) is 17.0 Å². The first kappa shape index (κ1) is 12.6. The van der Waals surface area contributed by atoms with Crippen molar-refractivity contribution in [1.29, 1.82) is 0 Å². The number of aromatic nitrogens is 1. The first-order valence-corrected chi connectivity index (χ1v) is 5.56. The summed E-state index contributed by atoms with van der Waals surface area (Å²) in [6, 6.07) is 4.16. The van der Waals surface area contributed by atoms with E-state index in [2.05, 4.69) is 25.6 Å². The van der Waals surface area contributed by atoms with Gasteiger partial charge in [0.1, 0.15) is 11.4 Å². The number of benzene rings is 1. The SMILES string of the molecule is COc1ccc(Br)c(F)c1-c1cc(C(=O)O)on1. The molecule has 0 radical (unpaired) electrons. The Balaban J connectivity index is 2.61. The van der Waals surface area contributed by atoms with E-state index < -0.39 is 11.8 Å². The lowest BCUT2D eigenvalue weighted by Crippen LogP contribution is -1.93.